The number of nitrogens with two attached hydrogens (primary N) is 1. The second kappa shape index (κ2) is 6.50. The largest absolute Gasteiger partial charge is 0.334 e. The van der Waals surface area contributed by atoms with Crippen molar-refractivity contribution >= 4 is 0 Å². The SMILES string of the molecule is Cc1nccn1CCN(C)Cc1cccc(CN)c1. The second-order valence-corrected chi connectivity index (χ2v) is 4.93. The zero-order valence-electron chi connectivity index (χ0n) is 11.7. The van der Waals surface area contributed by atoms with Crippen LogP contribution in [0.1, 0.15) is 17.0 Å². The van der Waals surface area contributed by atoms with Crippen LogP contribution in [0.25, 0.3) is 0 Å². The summed E-state index contributed by atoms with van der Waals surface area (Å²) in [6.45, 7) is 5.56. The number of aryl methyl sites for hydroxylation is 1. The van der Waals surface area contributed by atoms with Gasteiger partial charge in [-0.3, -0.25) is 0 Å². The van der Waals surface area contributed by atoms with Crippen molar-refractivity contribution in [1.82, 2.24) is 14.5 Å². The van der Waals surface area contributed by atoms with E-state index in [2.05, 4.69) is 45.8 Å². The molecule has 0 spiro atoms. The molecule has 1 heterocycles. The second-order valence-electron chi connectivity index (χ2n) is 4.93. The molecular weight excluding hydrogens is 236 g/mol. The molecule has 102 valence electrons. The molecule has 2 N–H and O–H groups in total. The zero-order chi connectivity index (χ0) is 13.7. The van der Waals surface area contributed by atoms with E-state index in [1.807, 2.05) is 19.3 Å². The van der Waals surface area contributed by atoms with Gasteiger partial charge in [-0.1, -0.05) is 24.3 Å². The first-order valence-electron chi connectivity index (χ1n) is 6.63. The van der Waals surface area contributed by atoms with Crippen LogP contribution in [0.5, 0.6) is 0 Å². The predicted octanol–water partition coefficient (Wildman–Crippen LogP) is 1.78. The van der Waals surface area contributed by atoms with E-state index in [0.717, 1.165) is 25.5 Å². The first-order valence-corrected chi connectivity index (χ1v) is 6.63. The Morgan fingerprint density at radius 1 is 1.32 bits per heavy atom. The number of imidazole rings is 1. The third-order valence-corrected chi connectivity index (χ3v) is 3.33. The van der Waals surface area contributed by atoms with Crippen LogP contribution < -0.4 is 5.73 Å². The van der Waals surface area contributed by atoms with Crippen LogP contribution in [-0.2, 0) is 19.6 Å². The molecule has 0 amide bonds. The lowest BCUT2D eigenvalue weighted by atomic mass is 10.1. The summed E-state index contributed by atoms with van der Waals surface area (Å²) in [5.74, 6) is 1.07. The minimum atomic E-state index is 0.603. The molecule has 0 atom stereocenters. The number of rotatable bonds is 6. The molecule has 0 fully saturated rings. The third kappa shape index (κ3) is 3.91. The Hall–Kier alpha value is -1.65. The smallest absolute Gasteiger partial charge is 0.105 e. The van der Waals surface area contributed by atoms with Gasteiger partial charge < -0.3 is 15.2 Å². The molecule has 19 heavy (non-hydrogen) atoms. The van der Waals surface area contributed by atoms with Gasteiger partial charge in [-0.15, -0.1) is 0 Å². The molecule has 0 bridgehead atoms. The molecule has 0 saturated heterocycles. The highest BCUT2D eigenvalue weighted by Gasteiger charge is 2.03. The van der Waals surface area contributed by atoms with Crippen molar-refractivity contribution in [3.05, 3.63) is 53.6 Å². The van der Waals surface area contributed by atoms with Crippen molar-refractivity contribution in [2.75, 3.05) is 13.6 Å². The summed E-state index contributed by atoms with van der Waals surface area (Å²) in [6.07, 6.45) is 3.87. The maximum Gasteiger partial charge on any atom is 0.105 e. The van der Waals surface area contributed by atoms with Gasteiger partial charge in [-0.2, -0.15) is 0 Å². The van der Waals surface area contributed by atoms with Crippen molar-refractivity contribution in [2.45, 2.75) is 26.6 Å². The third-order valence-electron chi connectivity index (χ3n) is 3.33. The van der Waals surface area contributed by atoms with E-state index in [-0.39, 0.29) is 0 Å². The molecule has 0 aliphatic heterocycles. The topological polar surface area (TPSA) is 47.1 Å². The van der Waals surface area contributed by atoms with E-state index in [1.54, 1.807) is 0 Å². The Labute approximate surface area is 114 Å². The Morgan fingerprint density at radius 2 is 2.11 bits per heavy atom. The Morgan fingerprint density at radius 3 is 2.79 bits per heavy atom. The lowest BCUT2D eigenvalue weighted by molar-refractivity contribution is 0.310. The molecule has 0 unspecified atom stereocenters. The van der Waals surface area contributed by atoms with Gasteiger partial charge in [0, 0.05) is 38.6 Å². The van der Waals surface area contributed by atoms with Crippen LogP contribution >= 0.6 is 0 Å². The van der Waals surface area contributed by atoms with Gasteiger partial charge in [0.05, 0.1) is 0 Å². The first kappa shape index (κ1) is 13.8. The van der Waals surface area contributed by atoms with Crippen molar-refractivity contribution in [2.24, 2.45) is 5.73 Å². The van der Waals surface area contributed by atoms with Crippen LogP contribution in [0.3, 0.4) is 0 Å². The molecule has 0 aliphatic carbocycles. The molecule has 0 saturated carbocycles. The zero-order valence-corrected chi connectivity index (χ0v) is 11.7. The van der Waals surface area contributed by atoms with E-state index in [0.29, 0.717) is 6.54 Å². The van der Waals surface area contributed by atoms with E-state index < -0.39 is 0 Å². The summed E-state index contributed by atoms with van der Waals surface area (Å²) >= 11 is 0. The van der Waals surface area contributed by atoms with Gasteiger partial charge in [-0.25, -0.2) is 4.98 Å². The van der Waals surface area contributed by atoms with Crippen LogP contribution in [0, 0.1) is 6.92 Å². The number of benzene rings is 1. The van der Waals surface area contributed by atoms with Gasteiger partial charge in [0.25, 0.3) is 0 Å². The lowest BCUT2D eigenvalue weighted by Crippen LogP contribution is -2.23. The fraction of sp³-hybridized carbons (Fsp3) is 0.400. The van der Waals surface area contributed by atoms with Crippen LogP contribution in [-0.4, -0.2) is 28.0 Å². The Balaban J connectivity index is 1.87. The summed E-state index contributed by atoms with van der Waals surface area (Å²) in [5.41, 5.74) is 8.17. The van der Waals surface area contributed by atoms with Crippen molar-refractivity contribution in [3.8, 4) is 0 Å². The summed E-state index contributed by atoms with van der Waals surface area (Å²) in [4.78, 5) is 6.55. The molecule has 0 aliphatic rings. The standard InChI is InChI=1S/C15H22N4/c1-13-17-6-7-19(13)9-8-18(2)12-15-5-3-4-14(10-15)11-16/h3-7,10H,8-9,11-12,16H2,1-2H3. The van der Waals surface area contributed by atoms with E-state index in [1.165, 1.54) is 11.1 Å². The Bertz CT molecular complexity index is 518. The van der Waals surface area contributed by atoms with Crippen molar-refractivity contribution in [1.29, 1.82) is 0 Å². The number of nitrogens with zero attached hydrogens (tertiary/aromatic N) is 3. The predicted molar refractivity (Wildman–Crippen MR) is 77.6 cm³/mol. The highest BCUT2D eigenvalue weighted by Crippen LogP contribution is 2.07. The van der Waals surface area contributed by atoms with E-state index >= 15 is 0 Å². The minimum absolute atomic E-state index is 0.603. The molecule has 1 aromatic heterocycles. The van der Waals surface area contributed by atoms with E-state index in [4.69, 9.17) is 5.73 Å². The van der Waals surface area contributed by atoms with Gasteiger partial charge in [-0.05, 0) is 25.1 Å². The fourth-order valence-corrected chi connectivity index (χ4v) is 2.16. The quantitative estimate of drug-likeness (QED) is 0.859. The summed E-state index contributed by atoms with van der Waals surface area (Å²) < 4.78 is 2.17. The highest BCUT2D eigenvalue weighted by molar-refractivity contribution is 5.23. The average Bonchev–Trinajstić information content (AvgIpc) is 2.82. The monoisotopic (exact) mass is 258 g/mol. The maximum absolute atomic E-state index is 5.67. The molecule has 2 aromatic rings. The number of hydrogen-bond donors (Lipinski definition) is 1. The number of aromatic nitrogens is 2. The van der Waals surface area contributed by atoms with Crippen LogP contribution in [0.15, 0.2) is 36.7 Å². The van der Waals surface area contributed by atoms with Gasteiger partial charge in [0.15, 0.2) is 0 Å². The Kier molecular flexibility index (Phi) is 4.71. The molecule has 4 nitrogen and oxygen atoms in total. The lowest BCUT2D eigenvalue weighted by Gasteiger charge is -2.17. The summed E-state index contributed by atoms with van der Waals surface area (Å²) in [7, 11) is 2.14. The normalized spacial score (nSPS) is 11.2. The van der Waals surface area contributed by atoms with Gasteiger partial charge in [0.2, 0.25) is 0 Å². The maximum atomic E-state index is 5.67. The molecule has 2 rings (SSSR count). The summed E-state index contributed by atoms with van der Waals surface area (Å²) in [5, 5.41) is 0. The fourth-order valence-electron chi connectivity index (χ4n) is 2.16. The first-order chi connectivity index (χ1) is 9.19. The number of hydrogen-bond acceptors (Lipinski definition) is 3. The van der Waals surface area contributed by atoms with Crippen molar-refractivity contribution in [3.63, 3.8) is 0 Å². The summed E-state index contributed by atoms with van der Waals surface area (Å²) in [6, 6.07) is 8.47. The highest BCUT2D eigenvalue weighted by atomic mass is 15.1. The average molecular weight is 258 g/mol. The van der Waals surface area contributed by atoms with Gasteiger partial charge >= 0.3 is 0 Å². The van der Waals surface area contributed by atoms with Crippen LogP contribution in [0.4, 0.5) is 0 Å². The molecular formula is C15H22N4. The van der Waals surface area contributed by atoms with Crippen LogP contribution in [0.2, 0.25) is 0 Å². The number of likely N-dealkylation sites (N-methyl/N-ethyl adjacent to an activating group) is 1. The molecule has 1 aromatic carbocycles. The van der Waals surface area contributed by atoms with E-state index in [9.17, 15) is 0 Å². The molecule has 4 heteroatoms. The molecule has 0 radical (unpaired) electrons. The van der Waals surface area contributed by atoms with Gasteiger partial charge in [0.1, 0.15) is 5.82 Å². The van der Waals surface area contributed by atoms with Crippen molar-refractivity contribution < 1.29 is 0 Å². The minimum Gasteiger partial charge on any atom is -0.334 e.